The Morgan fingerprint density at radius 3 is 1.98 bits per heavy atom. The first-order valence-electron chi connectivity index (χ1n) is 14.9. The second-order valence-corrected chi connectivity index (χ2v) is 14.4. The molecule has 2 aliphatic rings. The summed E-state index contributed by atoms with van der Waals surface area (Å²) in [5.41, 5.74) is 0.402. The Balaban J connectivity index is 1.33. The molecule has 2 saturated heterocycles. The van der Waals surface area contributed by atoms with Crippen molar-refractivity contribution in [3.05, 3.63) is 52.8 Å². The minimum Gasteiger partial charge on any atom is -0.379 e. The summed E-state index contributed by atoms with van der Waals surface area (Å²) in [4.78, 5) is 20.2. The van der Waals surface area contributed by atoms with Gasteiger partial charge in [-0.1, -0.05) is 18.2 Å². The van der Waals surface area contributed by atoms with E-state index in [1.165, 1.54) is 12.1 Å². The highest BCUT2D eigenvalue weighted by atomic mass is 32.2. The molecule has 15 heteroatoms. The number of nitrogens with zero attached hydrogens (tertiary/aromatic N) is 3. The van der Waals surface area contributed by atoms with Crippen LogP contribution in [0.5, 0.6) is 0 Å². The Morgan fingerprint density at radius 1 is 0.750 bits per heavy atom. The van der Waals surface area contributed by atoms with Crippen LogP contribution in [0.4, 0.5) is 0 Å². The Hall–Kier alpha value is -2.89. The van der Waals surface area contributed by atoms with Crippen LogP contribution in [0.15, 0.2) is 52.2 Å². The van der Waals surface area contributed by atoms with Crippen molar-refractivity contribution >= 4 is 52.9 Å². The van der Waals surface area contributed by atoms with E-state index in [1.54, 1.807) is 30.3 Å². The Morgan fingerprint density at radius 2 is 1.34 bits per heavy atom. The quantitative estimate of drug-likeness (QED) is 0.192. The molecule has 3 N–H and O–H groups in total. The van der Waals surface area contributed by atoms with Crippen molar-refractivity contribution < 1.29 is 26.3 Å². The van der Waals surface area contributed by atoms with E-state index in [2.05, 4.69) is 24.2 Å². The van der Waals surface area contributed by atoms with Crippen LogP contribution in [0.3, 0.4) is 0 Å². The lowest BCUT2D eigenvalue weighted by atomic mass is 10.1. The van der Waals surface area contributed by atoms with Crippen LogP contribution in [0.2, 0.25) is 0 Å². The molecule has 0 unspecified atom stereocenters. The van der Waals surface area contributed by atoms with Crippen LogP contribution < -0.4 is 15.0 Å². The van der Waals surface area contributed by atoms with E-state index < -0.39 is 20.2 Å². The highest BCUT2D eigenvalue weighted by Crippen LogP contribution is 2.33. The smallest absolute Gasteiger partial charge is 0.306 e. The van der Waals surface area contributed by atoms with Crippen LogP contribution in [-0.2, 0) is 29.7 Å². The zero-order chi connectivity index (χ0) is 30.7. The summed E-state index contributed by atoms with van der Waals surface area (Å²) in [5, 5.41) is 1.21. The highest BCUT2D eigenvalue weighted by molar-refractivity contribution is 7.89. The van der Waals surface area contributed by atoms with Gasteiger partial charge in [0.15, 0.2) is 0 Å². The molecule has 2 aromatic carbocycles. The van der Waals surface area contributed by atoms with Crippen LogP contribution >= 0.6 is 0 Å². The second kappa shape index (κ2) is 13.2. The van der Waals surface area contributed by atoms with E-state index in [4.69, 9.17) is 9.47 Å². The number of nitrogens with one attached hydrogen (secondary N) is 3. The maximum Gasteiger partial charge on any atom is 0.306 e. The third-order valence-electron chi connectivity index (χ3n) is 8.20. The Labute approximate surface area is 256 Å². The first kappa shape index (κ1) is 31.1. The maximum atomic E-state index is 14.0. The van der Waals surface area contributed by atoms with Crippen molar-refractivity contribution in [1.29, 1.82) is 0 Å². The number of aromatic nitrogens is 2. The van der Waals surface area contributed by atoms with Gasteiger partial charge < -0.3 is 14.5 Å². The van der Waals surface area contributed by atoms with Gasteiger partial charge >= 0.3 is 10.2 Å². The summed E-state index contributed by atoms with van der Waals surface area (Å²) >= 11 is 0. The number of rotatable bonds is 12. The minimum absolute atomic E-state index is 0.0606. The molecular weight excluding hydrogens is 608 g/mol. The molecule has 0 radical (unpaired) electrons. The molecule has 4 aromatic rings. The minimum atomic E-state index is -4.20. The Bertz CT molecular complexity index is 1910. The van der Waals surface area contributed by atoms with Gasteiger partial charge in [0.1, 0.15) is 0 Å². The number of hydrogen-bond donors (Lipinski definition) is 3. The van der Waals surface area contributed by atoms with E-state index in [0.29, 0.717) is 60.9 Å². The van der Waals surface area contributed by atoms with Crippen LogP contribution in [-0.4, -0.2) is 114 Å². The average Bonchev–Trinajstić information content (AvgIpc) is 3.37. The highest BCUT2D eigenvalue weighted by Gasteiger charge is 2.26. The normalized spacial score (nSPS) is 17.6. The molecule has 13 nitrogen and oxygen atoms in total. The number of ether oxygens (including phenoxy) is 2. The number of benzene rings is 2. The molecule has 0 saturated carbocycles. The summed E-state index contributed by atoms with van der Waals surface area (Å²) in [6.07, 6.45) is 1.21. The van der Waals surface area contributed by atoms with Crippen molar-refractivity contribution in [1.82, 2.24) is 28.2 Å². The van der Waals surface area contributed by atoms with Crippen LogP contribution in [0.25, 0.3) is 32.7 Å². The number of hydrogen-bond acceptors (Lipinski definition) is 9. The van der Waals surface area contributed by atoms with Gasteiger partial charge in [-0.25, -0.2) is 17.1 Å². The predicted octanol–water partition coefficient (Wildman–Crippen LogP) is 1.04. The lowest BCUT2D eigenvalue weighted by Gasteiger charge is -2.26. The zero-order valence-electron chi connectivity index (χ0n) is 24.5. The first-order valence-corrected chi connectivity index (χ1v) is 17.9. The fourth-order valence-electron chi connectivity index (χ4n) is 5.91. The molecule has 0 spiro atoms. The molecule has 2 aliphatic heterocycles. The monoisotopic (exact) mass is 646 g/mol. The standard InChI is InChI=1S/C29H38N6O7S2/c36-29-24-6-2-1-5-23(24)28-27(32-29)25-8-7-22(43(37,38)30-9-3-11-33-13-17-41-18-14-33)21-26(25)35(28)44(39,40)31-10-4-12-34-15-19-42-20-16-34/h1-2,5-8,21,30-31H,3-4,9-20H2,(H,32,36). The van der Waals surface area contributed by atoms with Crippen LogP contribution in [0.1, 0.15) is 12.8 Å². The van der Waals surface area contributed by atoms with Crippen LogP contribution in [0, 0.1) is 0 Å². The number of fused-ring (bicyclic) bond motifs is 5. The second-order valence-electron chi connectivity index (χ2n) is 11.1. The third-order valence-corrected chi connectivity index (χ3v) is 11.1. The predicted molar refractivity (Wildman–Crippen MR) is 169 cm³/mol. The maximum absolute atomic E-state index is 14.0. The van der Waals surface area contributed by atoms with Gasteiger partial charge in [0.25, 0.3) is 5.56 Å². The molecule has 2 aromatic heterocycles. The topological polar surface area (TPSA) is 155 Å². The van der Waals surface area contributed by atoms with E-state index in [-0.39, 0.29) is 34.6 Å². The average molecular weight is 647 g/mol. The molecule has 2 fully saturated rings. The molecule has 0 atom stereocenters. The number of aromatic amines is 1. The molecule has 238 valence electrons. The van der Waals surface area contributed by atoms with Gasteiger partial charge in [0.05, 0.1) is 47.9 Å². The number of pyridine rings is 1. The molecule has 6 rings (SSSR count). The molecular formula is C29H38N6O7S2. The van der Waals surface area contributed by atoms with Gasteiger partial charge in [-0.15, -0.1) is 0 Å². The van der Waals surface area contributed by atoms with Gasteiger partial charge in [0, 0.05) is 55.4 Å². The summed E-state index contributed by atoms with van der Waals surface area (Å²) in [7, 11) is -8.15. The van der Waals surface area contributed by atoms with Crippen molar-refractivity contribution in [3.8, 4) is 0 Å². The van der Waals surface area contributed by atoms with Gasteiger partial charge in [0.2, 0.25) is 10.0 Å². The summed E-state index contributed by atoms with van der Waals surface area (Å²) in [5.74, 6) is 0. The van der Waals surface area contributed by atoms with Gasteiger partial charge in [-0.2, -0.15) is 13.1 Å². The largest absolute Gasteiger partial charge is 0.379 e. The zero-order valence-corrected chi connectivity index (χ0v) is 26.1. The van der Waals surface area contributed by atoms with Gasteiger partial charge in [-0.05, 0) is 50.2 Å². The molecule has 4 heterocycles. The summed E-state index contributed by atoms with van der Waals surface area (Å²) in [6.45, 7) is 7.79. The molecule has 0 aliphatic carbocycles. The van der Waals surface area contributed by atoms with E-state index >= 15 is 0 Å². The molecule has 44 heavy (non-hydrogen) atoms. The SMILES string of the molecule is O=c1[nH]c2c3ccc(S(=O)(=O)NCCCN4CCOCC4)cc3n(S(=O)(=O)NCCCN3CCOCC3)c2c2ccccc12. The lowest BCUT2D eigenvalue weighted by molar-refractivity contribution is 0.0375. The Kier molecular flexibility index (Phi) is 9.35. The summed E-state index contributed by atoms with van der Waals surface area (Å²) in [6, 6.07) is 11.1. The fourth-order valence-corrected chi connectivity index (χ4v) is 8.37. The van der Waals surface area contributed by atoms with E-state index in [1.807, 2.05) is 0 Å². The molecule has 0 amide bonds. The van der Waals surface area contributed by atoms with E-state index in [0.717, 1.165) is 43.2 Å². The van der Waals surface area contributed by atoms with E-state index in [9.17, 15) is 21.6 Å². The first-order chi connectivity index (χ1) is 21.2. The number of H-pyrrole nitrogens is 1. The number of sulfonamides is 1. The van der Waals surface area contributed by atoms with Gasteiger partial charge in [-0.3, -0.25) is 14.6 Å². The van der Waals surface area contributed by atoms with Crippen molar-refractivity contribution in [3.63, 3.8) is 0 Å². The fraction of sp³-hybridized carbons (Fsp3) is 0.483. The molecule has 0 bridgehead atoms. The number of morpholine rings is 2. The lowest BCUT2D eigenvalue weighted by Crippen LogP contribution is -2.38. The summed E-state index contributed by atoms with van der Waals surface area (Å²) < 4.78 is 71.9. The van der Waals surface area contributed by atoms with Crippen molar-refractivity contribution in [2.24, 2.45) is 0 Å². The van der Waals surface area contributed by atoms with Crippen molar-refractivity contribution in [2.75, 3.05) is 78.8 Å². The van der Waals surface area contributed by atoms with Crippen molar-refractivity contribution in [2.45, 2.75) is 17.7 Å². The third kappa shape index (κ3) is 6.55.